The Morgan fingerprint density at radius 1 is 1.28 bits per heavy atom. The molecule has 0 amide bonds. The molecule has 7 heteroatoms. The second-order valence-electron chi connectivity index (χ2n) is 3.66. The molecule has 0 fully saturated rings. The van der Waals surface area contributed by atoms with Gasteiger partial charge in [0.15, 0.2) is 0 Å². The molecule has 0 unspecified atom stereocenters. The summed E-state index contributed by atoms with van der Waals surface area (Å²) in [6.07, 6.45) is -5.38. The summed E-state index contributed by atoms with van der Waals surface area (Å²) in [4.78, 5) is 11.8. The van der Waals surface area contributed by atoms with Gasteiger partial charge in [0.25, 0.3) is 0 Å². The van der Waals surface area contributed by atoms with E-state index in [2.05, 4.69) is 0 Å². The maximum atomic E-state index is 12.1. The lowest BCUT2D eigenvalue weighted by molar-refractivity contribution is -0.137. The van der Waals surface area contributed by atoms with Crippen LogP contribution in [-0.2, 0) is 4.79 Å². The molecule has 0 atom stereocenters. The zero-order chi connectivity index (χ0) is 13.8. The third kappa shape index (κ3) is 5.27. The maximum Gasteiger partial charge on any atom is 0.390 e. The van der Waals surface area contributed by atoms with Crippen LogP contribution in [0.2, 0.25) is 5.02 Å². The number of carboxylic acid groups (broad SMARTS) is 1. The average molecular weight is 282 g/mol. The van der Waals surface area contributed by atoms with Gasteiger partial charge >= 0.3 is 12.1 Å². The second kappa shape index (κ2) is 5.95. The Labute approximate surface area is 107 Å². The van der Waals surface area contributed by atoms with E-state index in [1.54, 1.807) is 0 Å². The highest BCUT2D eigenvalue weighted by Crippen LogP contribution is 2.23. The number of hydrogen-bond donors (Lipinski definition) is 1. The van der Waals surface area contributed by atoms with Gasteiger partial charge in [0.05, 0.1) is 6.42 Å². The fraction of sp³-hybridized carbons (Fsp3) is 0.364. The van der Waals surface area contributed by atoms with Crippen LogP contribution in [0.5, 0.6) is 0 Å². The third-order valence-corrected chi connectivity index (χ3v) is 2.44. The van der Waals surface area contributed by atoms with Crippen molar-refractivity contribution in [2.24, 2.45) is 0 Å². The van der Waals surface area contributed by atoms with Gasteiger partial charge in [-0.15, -0.1) is 0 Å². The number of hydrogen-bond acceptors (Lipinski definition) is 2. The number of alkyl halides is 3. The summed E-state index contributed by atoms with van der Waals surface area (Å²) < 4.78 is 36.4. The standard InChI is InChI=1S/C11H11ClF3NO2/c12-8-1-3-9(4-2-8)16(7-10(17)18)6-5-11(13,14)15/h1-4H,5-7H2,(H,17,18). The highest BCUT2D eigenvalue weighted by molar-refractivity contribution is 6.30. The lowest BCUT2D eigenvalue weighted by Crippen LogP contribution is -2.32. The Hall–Kier alpha value is -1.43. The molecule has 18 heavy (non-hydrogen) atoms. The first-order valence-corrected chi connectivity index (χ1v) is 5.45. The molecule has 1 aromatic rings. The Morgan fingerprint density at radius 3 is 2.28 bits per heavy atom. The lowest BCUT2D eigenvalue weighted by Gasteiger charge is -2.23. The Kier molecular flexibility index (Phi) is 4.84. The summed E-state index contributed by atoms with van der Waals surface area (Å²) in [5.74, 6) is -1.19. The number of halogens is 4. The van der Waals surface area contributed by atoms with Gasteiger partial charge in [-0.05, 0) is 24.3 Å². The second-order valence-corrected chi connectivity index (χ2v) is 4.09. The third-order valence-electron chi connectivity index (χ3n) is 2.18. The summed E-state index contributed by atoms with van der Waals surface area (Å²) in [6.45, 7) is -0.894. The first-order valence-electron chi connectivity index (χ1n) is 5.07. The summed E-state index contributed by atoms with van der Waals surface area (Å²) in [5.41, 5.74) is 0.394. The molecule has 100 valence electrons. The molecule has 0 heterocycles. The number of aliphatic carboxylic acids is 1. The number of anilines is 1. The molecule has 1 aromatic carbocycles. The number of nitrogens with zero attached hydrogens (tertiary/aromatic N) is 1. The van der Waals surface area contributed by atoms with E-state index in [0.29, 0.717) is 10.7 Å². The molecule has 3 nitrogen and oxygen atoms in total. The number of carbonyl (C=O) groups is 1. The van der Waals surface area contributed by atoms with Crippen LogP contribution in [0.1, 0.15) is 6.42 Å². The van der Waals surface area contributed by atoms with Gasteiger partial charge < -0.3 is 10.0 Å². The van der Waals surface area contributed by atoms with Gasteiger partial charge in [0, 0.05) is 17.3 Å². The van der Waals surface area contributed by atoms with Gasteiger partial charge in [0.2, 0.25) is 0 Å². The van der Waals surface area contributed by atoms with Crippen molar-refractivity contribution in [2.75, 3.05) is 18.0 Å². The SMILES string of the molecule is O=C(O)CN(CCC(F)(F)F)c1ccc(Cl)cc1. The predicted molar refractivity (Wildman–Crippen MR) is 62.0 cm³/mol. The molecule has 0 bridgehead atoms. The van der Waals surface area contributed by atoms with Crippen molar-refractivity contribution in [1.82, 2.24) is 0 Å². The van der Waals surface area contributed by atoms with Crippen LogP contribution in [0.3, 0.4) is 0 Å². The molecular weight excluding hydrogens is 271 g/mol. The molecule has 0 radical (unpaired) electrons. The van der Waals surface area contributed by atoms with Crippen LogP contribution in [-0.4, -0.2) is 30.3 Å². The van der Waals surface area contributed by atoms with Gasteiger partial charge in [-0.25, -0.2) is 0 Å². The van der Waals surface area contributed by atoms with Crippen molar-refractivity contribution in [1.29, 1.82) is 0 Å². The van der Waals surface area contributed by atoms with Crippen LogP contribution in [0.4, 0.5) is 18.9 Å². The van der Waals surface area contributed by atoms with E-state index in [1.807, 2.05) is 0 Å². The molecule has 0 spiro atoms. The van der Waals surface area contributed by atoms with Gasteiger partial charge in [0.1, 0.15) is 6.54 Å². The predicted octanol–water partition coefficient (Wildman–Crippen LogP) is 3.18. The first-order chi connectivity index (χ1) is 8.28. The fourth-order valence-electron chi connectivity index (χ4n) is 1.38. The van der Waals surface area contributed by atoms with Crippen molar-refractivity contribution in [3.8, 4) is 0 Å². The van der Waals surface area contributed by atoms with E-state index in [-0.39, 0.29) is 0 Å². The quantitative estimate of drug-likeness (QED) is 0.901. The molecular formula is C11H11ClF3NO2. The number of benzene rings is 1. The van der Waals surface area contributed by atoms with Crippen LogP contribution >= 0.6 is 11.6 Å². The van der Waals surface area contributed by atoms with Crippen LogP contribution in [0, 0.1) is 0 Å². The molecule has 0 aliphatic heterocycles. The van der Waals surface area contributed by atoms with Crippen molar-refractivity contribution < 1.29 is 23.1 Å². The number of rotatable bonds is 5. The molecule has 0 saturated carbocycles. The maximum absolute atomic E-state index is 12.1. The highest BCUT2D eigenvalue weighted by Gasteiger charge is 2.28. The molecule has 0 aliphatic carbocycles. The zero-order valence-electron chi connectivity index (χ0n) is 9.25. The summed E-state index contributed by atoms with van der Waals surface area (Å²) in [6, 6.07) is 5.97. The Balaban J connectivity index is 2.77. The van der Waals surface area contributed by atoms with E-state index in [0.717, 1.165) is 4.90 Å². The smallest absolute Gasteiger partial charge is 0.390 e. The van der Waals surface area contributed by atoms with Crippen molar-refractivity contribution in [2.45, 2.75) is 12.6 Å². The average Bonchev–Trinajstić information content (AvgIpc) is 2.24. The van der Waals surface area contributed by atoms with E-state index in [4.69, 9.17) is 16.7 Å². The van der Waals surface area contributed by atoms with Crippen LogP contribution in [0.15, 0.2) is 24.3 Å². The van der Waals surface area contributed by atoms with Crippen LogP contribution < -0.4 is 4.90 Å². The van der Waals surface area contributed by atoms with Crippen LogP contribution in [0.25, 0.3) is 0 Å². The summed E-state index contributed by atoms with van der Waals surface area (Å²) >= 11 is 5.66. The van der Waals surface area contributed by atoms with Gasteiger partial charge in [-0.1, -0.05) is 11.6 Å². The summed E-state index contributed by atoms with van der Waals surface area (Å²) in [5, 5.41) is 9.12. The Morgan fingerprint density at radius 2 is 1.83 bits per heavy atom. The lowest BCUT2D eigenvalue weighted by atomic mass is 10.2. The van der Waals surface area contributed by atoms with E-state index in [9.17, 15) is 18.0 Å². The normalized spacial score (nSPS) is 11.3. The molecule has 0 aromatic heterocycles. The first kappa shape index (κ1) is 14.6. The van der Waals surface area contributed by atoms with Crippen molar-refractivity contribution >= 4 is 23.3 Å². The Bertz CT molecular complexity index is 406. The molecule has 1 rings (SSSR count). The van der Waals surface area contributed by atoms with E-state index < -0.39 is 31.7 Å². The minimum Gasteiger partial charge on any atom is -0.480 e. The zero-order valence-corrected chi connectivity index (χ0v) is 10.0. The topological polar surface area (TPSA) is 40.5 Å². The van der Waals surface area contributed by atoms with Gasteiger partial charge in [-0.2, -0.15) is 13.2 Å². The van der Waals surface area contributed by atoms with Crippen molar-refractivity contribution in [3.05, 3.63) is 29.3 Å². The monoisotopic (exact) mass is 281 g/mol. The van der Waals surface area contributed by atoms with Crippen molar-refractivity contribution in [3.63, 3.8) is 0 Å². The van der Waals surface area contributed by atoms with Gasteiger partial charge in [-0.3, -0.25) is 4.79 Å². The number of carboxylic acids is 1. The van der Waals surface area contributed by atoms with E-state index >= 15 is 0 Å². The fourth-order valence-corrected chi connectivity index (χ4v) is 1.50. The minimum atomic E-state index is -4.32. The van der Waals surface area contributed by atoms with E-state index in [1.165, 1.54) is 24.3 Å². The molecule has 0 aliphatic rings. The molecule has 0 saturated heterocycles. The summed E-state index contributed by atoms with van der Waals surface area (Å²) in [7, 11) is 0. The largest absolute Gasteiger partial charge is 0.480 e. The highest BCUT2D eigenvalue weighted by atomic mass is 35.5. The minimum absolute atomic E-state index is 0.394. The molecule has 1 N–H and O–H groups in total.